The number of nitrogens with one attached hydrogen (secondary N) is 1. The summed E-state index contributed by atoms with van der Waals surface area (Å²) < 4.78 is 7.32. The average molecular weight is 362 g/mol. The van der Waals surface area contributed by atoms with Gasteiger partial charge < -0.3 is 13.9 Å². The first-order valence-corrected chi connectivity index (χ1v) is 15.6. The molecule has 0 radical (unpaired) electrons. The van der Waals surface area contributed by atoms with E-state index in [1.54, 1.807) is 0 Å². The van der Waals surface area contributed by atoms with E-state index in [4.69, 9.17) is 4.12 Å². The molecule has 0 saturated carbocycles. The minimum atomic E-state index is -1.56. The Kier molecular flexibility index (Phi) is 9.88. The van der Waals surface area contributed by atoms with Crippen molar-refractivity contribution in [3.8, 4) is 0 Å². The monoisotopic (exact) mass is 361 g/mol. The van der Waals surface area contributed by atoms with E-state index in [9.17, 15) is 4.79 Å². The molecule has 0 aliphatic rings. The highest BCUT2D eigenvalue weighted by molar-refractivity contribution is 6.84. The van der Waals surface area contributed by atoms with Crippen molar-refractivity contribution < 1.29 is 13.4 Å². The zero-order valence-electron chi connectivity index (χ0n) is 16.9. The van der Waals surface area contributed by atoms with E-state index in [-0.39, 0.29) is 5.91 Å². The predicted octanol–water partition coefficient (Wildman–Crippen LogP) is 3.82. The molecule has 6 heteroatoms. The van der Waals surface area contributed by atoms with Gasteiger partial charge in [0.15, 0.2) is 16.6 Å². The van der Waals surface area contributed by atoms with Crippen LogP contribution in [-0.2, 0) is 8.91 Å². The molecule has 0 heterocycles. The van der Waals surface area contributed by atoms with Crippen molar-refractivity contribution in [2.45, 2.75) is 70.9 Å². The number of rotatable bonds is 12. The molecule has 0 aromatic rings. The Morgan fingerprint density at radius 1 is 0.957 bits per heavy atom. The molecular weight excluding hydrogens is 320 g/mol. The molecule has 23 heavy (non-hydrogen) atoms. The largest absolute Gasteiger partial charge is 0.456 e. The molecule has 4 nitrogen and oxygen atoms in total. The molecule has 1 amide bonds. The minimum Gasteiger partial charge on any atom is -0.456 e. The van der Waals surface area contributed by atoms with Crippen LogP contribution in [-0.4, -0.2) is 61.3 Å². The second kappa shape index (κ2) is 9.96. The third-order valence-electron chi connectivity index (χ3n) is 3.59. The maximum Gasteiger partial charge on any atom is 0.219 e. The molecule has 0 aromatic carbocycles. The lowest BCUT2D eigenvalue weighted by Gasteiger charge is -2.31. The number of unbranched alkanes of at least 4 members (excludes halogenated alkanes) is 2. The molecular formula is C17H41N2O2Si2+. The Morgan fingerprint density at radius 3 is 2.09 bits per heavy atom. The first-order valence-electron chi connectivity index (χ1n) is 9.08. The van der Waals surface area contributed by atoms with Crippen LogP contribution in [0.25, 0.3) is 0 Å². The molecule has 1 N–H and O–H groups in total. The van der Waals surface area contributed by atoms with Crippen molar-refractivity contribution in [1.82, 2.24) is 5.32 Å². The second-order valence-corrected chi connectivity index (χ2v) is 18.3. The Bertz CT molecular complexity index is 347. The van der Waals surface area contributed by atoms with Crippen LogP contribution in [0.3, 0.4) is 0 Å². The number of nitrogens with zero attached hydrogens (tertiary/aromatic N) is 1. The maximum atomic E-state index is 11.8. The van der Waals surface area contributed by atoms with Gasteiger partial charge >= 0.3 is 0 Å². The van der Waals surface area contributed by atoms with Gasteiger partial charge in [-0.05, 0) is 64.5 Å². The highest BCUT2D eigenvalue weighted by atomic mass is 28.4. The highest BCUT2D eigenvalue weighted by Crippen LogP contribution is 2.19. The molecule has 0 rings (SSSR count). The summed E-state index contributed by atoms with van der Waals surface area (Å²) >= 11 is 0. The maximum absolute atomic E-state index is 11.8. The highest BCUT2D eigenvalue weighted by Gasteiger charge is 2.28. The second-order valence-electron chi connectivity index (χ2n) is 9.25. The summed E-state index contributed by atoms with van der Waals surface area (Å²) in [6, 6.07) is 1.13. The Balaban J connectivity index is 3.68. The molecule has 138 valence electrons. The van der Waals surface area contributed by atoms with Crippen molar-refractivity contribution in [2.24, 2.45) is 0 Å². The summed E-state index contributed by atoms with van der Waals surface area (Å²) in [7, 11) is 3.64. The average Bonchev–Trinajstić information content (AvgIpc) is 2.30. The van der Waals surface area contributed by atoms with Crippen LogP contribution in [0.1, 0.15) is 32.1 Å². The summed E-state index contributed by atoms with van der Waals surface area (Å²) in [5.74, 6) is 0.209. The van der Waals surface area contributed by atoms with Crippen LogP contribution in [0.5, 0.6) is 0 Å². The van der Waals surface area contributed by atoms with Gasteiger partial charge in [0, 0.05) is 13.0 Å². The minimum absolute atomic E-state index is 0.209. The molecule has 0 fully saturated rings. The number of quaternary nitrogens is 1. The van der Waals surface area contributed by atoms with Crippen LogP contribution in [0, 0.1) is 0 Å². The van der Waals surface area contributed by atoms with E-state index in [1.807, 2.05) is 0 Å². The number of hydrogen-bond acceptors (Lipinski definition) is 2. The molecule has 0 aromatic heterocycles. The lowest BCUT2D eigenvalue weighted by molar-refractivity contribution is -0.870. The van der Waals surface area contributed by atoms with E-state index in [1.165, 1.54) is 13.0 Å². The molecule has 0 spiro atoms. The van der Waals surface area contributed by atoms with E-state index in [2.05, 4.69) is 59.2 Å². The van der Waals surface area contributed by atoms with Gasteiger partial charge in [-0.1, -0.05) is 0 Å². The van der Waals surface area contributed by atoms with E-state index in [0.29, 0.717) is 6.42 Å². The van der Waals surface area contributed by atoms with E-state index in [0.717, 1.165) is 36.3 Å². The topological polar surface area (TPSA) is 38.3 Å². The summed E-state index contributed by atoms with van der Waals surface area (Å²) in [5.41, 5.74) is 0. The molecule has 0 aliphatic carbocycles. The van der Waals surface area contributed by atoms with Crippen molar-refractivity contribution in [1.29, 1.82) is 0 Å². The third kappa shape index (κ3) is 16.5. The van der Waals surface area contributed by atoms with Crippen LogP contribution in [0.15, 0.2) is 0 Å². The molecule has 0 saturated heterocycles. The Labute approximate surface area is 146 Å². The predicted molar refractivity (Wildman–Crippen MR) is 106 cm³/mol. The normalized spacial score (nSPS) is 13.2. The molecule has 0 atom stereocenters. The van der Waals surface area contributed by atoms with Gasteiger partial charge in [0.1, 0.15) is 0 Å². The van der Waals surface area contributed by atoms with Gasteiger partial charge in [0.2, 0.25) is 5.91 Å². The lowest BCUT2D eigenvalue weighted by Crippen LogP contribution is -2.42. The van der Waals surface area contributed by atoms with Crippen molar-refractivity contribution >= 4 is 22.5 Å². The summed E-state index contributed by atoms with van der Waals surface area (Å²) in [6.07, 6.45) is 5.06. The first-order chi connectivity index (χ1) is 10.3. The first kappa shape index (κ1) is 22.8. The lowest BCUT2D eigenvalue weighted by atomic mass is 10.2. The van der Waals surface area contributed by atoms with Crippen molar-refractivity contribution in [3.05, 3.63) is 0 Å². The molecule has 0 bridgehead atoms. The standard InChI is InChI=1S/C17H40N2O2Si2/c1-19(2,3)15-11-9-10-13-17(20)18-14-12-16-23(7,8)21-22(4,5)6/h9-16H2,1-8H3/p+1. The van der Waals surface area contributed by atoms with Gasteiger partial charge in [-0.3, -0.25) is 4.79 Å². The van der Waals surface area contributed by atoms with Crippen LogP contribution >= 0.6 is 0 Å². The quantitative estimate of drug-likeness (QED) is 0.326. The fraction of sp³-hybridized carbons (Fsp3) is 0.941. The zero-order valence-corrected chi connectivity index (χ0v) is 18.9. The fourth-order valence-electron chi connectivity index (χ4n) is 2.76. The van der Waals surface area contributed by atoms with Gasteiger partial charge in [-0.15, -0.1) is 0 Å². The van der Waals surface area contributed by atoms with Gasteiger partial charge in [-0.2, -0.15) is 0 Å². The number of carbonyl (C=O) groups is 1. The van der Waals surface area contributed by atoms with Gasteiger partial charge in [0.05, 0.1) is 27.7 Å². The van der Waals surface area contributed by atoms with Crippen molar-refractivity contribution in [2.75, 3.05) is 34.2 Å². The van der Waals surface area contributed by atoms with E-state index < -0.39 is 16.6 Å². The number of amides is 1. The third-order valence-corrected chi connectivity index (χ3v) is 9.81. The Hall–Kier alpha value is -0.176. The van der Waals surface area contributed by atoms with Crippen LogP contribution in [0.2, 0.25) is 38.8 Å². The number of hydrogen-bond donors (Lipinski definition) is 1. The summed E-state index contributed by atoms with van der Waals surface area (Å²) in [5, 5.41) is 3.06. The fourth-order valence-corrected chi connectivity index (χ4v) is 10.8. The zero-order chi connectivity index (χ0) is 18.1. The van der Waals surface area contributed by atoms with Crippen LogP contribution < -0.4 is 5.32 Å². The smallest absolute Gasteiger partial charge is 0.219 e. The Morgan fingerprint density at radius 2 is 1.57 bits per heavy atom. The van der Waals surface area contributed by atoms with Gasteiger partial charge in [0.25, 0.3) is 0 Å². The molecule has 0 unspecified atom stereocenters. The summed E-state index contributed by atoms with van der Waals surface area (Å²) in [4.78, 5) is 11.8. The SMILES string of the molecule is C[N+](C)(C)CCCCCC(=O)NCCC[Si](C)(C)O[Si](C)(C)C. The molecule has 0 aliphatic heterocycles. The number of carbonyl (C=O) groups excluding carboxylic acids is 1. The van der Waals surface area contributed by atoms with Crippen LogP contribution in [0.4, 0.5) is 0 Å². The van der Waals surface area contributed by atoms with E-state index >= 15 is 0 Å². The van der Waals surface area contributed by atoms with Crippen molar-refractivity contribution in [3.63, 3.8) is 0 Å². The van der Waals surface area contributed by atoms with Gasteiger partial charge in [-0.25, -0.2) is 0 Å². The summed E-state index contributed by atoms with van der Waals surface area (Å²) in [6.45, 7) is 13.3.